The lowest BCUT2D eigenvalue weighted by molar-refractivity contribution is 0.125. The predicted octanol–water partition coefficient (Wildman–Crippen LogP) is 4.01. The molecule has 0 aliphatic heterocycles. The molecule has 0 bridgehead atoms. The average molecular weight is 417 g/mol. The normalized spacial score (nSPS) is 14.8. The predicted molar refractivity (Wildman–Crippen MR) is 115 cm³/mol. The molecule has 148 valence electrons. The molecule has 2 heterocycles. The third-order valence-corrected chi connectivity index (χ3v) is 7.25. The molecule has 4 rings (SSSR count). The van der Waals surface area contributed by atoms with Crippen LogP contribution >= 0.6 is 23.1 Å². The Hall–Kier alpha value is -1.83. The molecule has 0 spiro atoms. The highest BCUT2D eigenvalue weighted by atomic mass is 32.2. The van der Waals surface area contributed by atoms with Gasteiger partial charge in [0.25, 0.3) is 5.56 Å². The number of thioether (sulfide) groups is 1. The third kappa shape index (κ3) is 3.97. The number of ether oxygens (including phenoxy) is 1. The minimum atomic E-state index is -0.651. The van der Waals surface area contributed by atoms with Crippen molar-refractivity contribution in [2.45, 2.75) is 50.8 Å². The summed E-state index contributed by atoms with van der Waals surface area (Å²) >= 11 is 3.00. The Labute approximate surface area is 172 Å². The van der Waals surface area contributed by atoms with Gasteiger partial charge < -0.3 is 14.8 Å². The number of nitrogens with zero attached hydrogens (tertiary/aromatic N) is 1. The maximum atomic E-state index is 12.6. The molecule has 0 amide bonds. The van der Waals surface area contributed by atoms with E-state index >= 15 is 0 Å². The molecular weight excluding hydrogens is 392 g/mol. The molecule has 7 heteroatoms. The van der Waals surface area contributed by atoms with E-state index in [0.29, 0.717) is 10.9 Å². The summed E-state index contributed by atoms with van der Waals surface area (Å²) in [7, 11) is 0. The number of benzene rings is 1. The lowest BCUT2D eigenvalue weighted by atomic mass is 9.97. The Morgan fingerprint density at radius 2 is 2.04 bits per heavy atom. The maximum absolute atomic E-state index is 12.6. The molecule has 5 nitrogen and oxygen atoms in total. The number of thiophene rings is 1. The number of hydrogen-bond acceptors (Lipinski definition) is 6. The smallest absolute Gasteiger partial charge is 0.260 e. The second kappa shape index (κ2) is 8.27. The van der Waals surface area contributed by atoms with Crippen LogP contribution < -0.4 is 10.3 Å². The molecule has 0 saturated carbocycles. The minimum Gasteiger partial charge on any atom is -0.490 e. The van der Waals surface area contributed by atoms with Gasteiger partial charge in [0.1, 0.15) is 17.2 Å². The van der Waals surface area contributed by atoms with Crippen molar-refractivity contribution in [2.24, 2.45) is 0 Å². The number of aliphatic hydroxyl groups is 1. The van der Waals surface area contributed by atoms with Gasteiger partial charge in [0.2, 0.25) is 0 Å². The number of para-hydroxylation sites is 1. The van der Waals surface area contributed by atoms with E-state index in [1.165, 1.54) is 28.6 Å². The highest BCUT2D eigenvalue weighted by Crippen LogP contribution is 2.34. The molecule has 0 saturated heterocycles. The quantitative estimate of drug-likeness (QED) is 0.469. The maximum Gasteiger partial charge on any atom is 0.260 e. The first kappa shape index (κ1) is 19.5. The summed E-state index contributed by atoms with van der Waals surface area (Å²) in [5.74, 6) is 1.23. The topological polar surface area (TPSA) is 75.2 Å². The zero-order chi connectivity index (χ0) is 19.7. The summed E-state index contributed by atoms with van der Waals surface area (Å²) in [6, 6.07) is 5.98. The van der Waals surface area contributed by atoms with E-state index in [2.05, 4.69) is 9.97 Å². The number of aromatic amines is 1. The molecule has 1 aliphatic carbocycles. The largest absolute Gasteiger partial charge is 0.490 e. The van der Waals surface area contributed by atoms with Crippen molar-refractivity contribution < 1.29 is 9.84 Å². The molecule has 2 aromatic heterocycles. The van der Waals surface area contributed by atoms with Crippen LogP contribution in [0.1, 0.15) is 34.4 Å². The average Bonchev–Trinajstić information content (AvgIpc) is 3.05. The summed E-state index contributed by atoms with van der Waals surface area (Å²) in [5.41, 5.74) is 3.24. The van der Waals surface area contributed by atoms with Gasteiger partial charge in [0, 0.05) is 10.6 Å². The van der Waals surface area contributed by atoms with Crippen molar-refractivity contribution in [3.63, 3.8) is 0 Å². The van der Waals surface area contributed by atoms with Crippen molar-refractivity contribution >= 4 is 33.3 Å². The molecule has 1 aliphatic rings. The van der Waals surface area contributed by atoms with Crippen molar-refractivity contribution in [1.29, 1.82) is 0 Å². The molecular formula is C21H24N2O3S2. The Morgan fingerprint density at radius 1 is 1.29 bits per heavy atom. The monoisotopic (exact) mass is 416 g/mol. The van der Waals surface area contributed by atoms with Gasteiger partial charge in [-0.3, -0.25) is 4.79 Å². The Kier molecular flexibility index (Phi) is 5.75. The molecule has 0 radical (unpaired) electrons. The van der Waals surface area contributed by atoms with Gasteiger partial charge in [-0.2, -0.15) is 0 Å². The number of aryl methyl sites for hydroxylation is 4. The summed E-state index contributed by atoms with van der Waals surface area (Å²) in [6.45, 7) is 4.19. The fourth-order valence-corrected chi connectivity index (χ4v) is 5.73. The minimum absolute atomic E-state index is 0.0619. The van der Waals surface area contributed by atoms with Crippen molar-refractivity contribution in [1.82, 2.24) is 9.97 Å². The van der Waals surface area contributed by atoms with Crippen LogP contribution in [0, 0.1) is 13.8 Å². The number of fused-ring (bicyclic) bond motifs is 3. The van der Waals surface area contributed by atoms with E-state index in [-0.39, 0.29) is 12.2 Å². The van der Waals surface area contributed by atoms with Gasteiger partial charge in [0.15, 0.2) is 5.16 Å². The van der Waals surface area contributed by atoms with Crippen LogP contribution in [0.2, 0.25) is 0 Å². The van der Waals surface area contributed by atoms with Crippen molar-refractivity contribution in [3.05, 3.63) is 50.1 Å². The van der Waals surface area contributed by atoms with Gasteiger partial charge in [-0.15, -0.1) is 11.3 Å². The number of aromatic nitrogens is 2. The first-order valence-electron chi connectivity index (χ1n) is 9.57. The van der Waals surface area contributed by atoms with Gasteiger partial charge in [-0.25, -0.2) is 4.98 Å². The Morgan fingerprint density at radius 3 is 2.82 bits per heavy atom. The Bertz CT molecular complexity index is 1040. The van der Waals surface area contributed by atoms with E-state index in [9.17, 15) is 9.90 Å². The molecule has 0 fully saturated rings. The lowest BCUT2D eigenvalue weighted by Crippen LogP contribution is -2.21. The Balaban J connectivity index is 1.42. The van der Waals surface area contributed by atoms with Crippen molar-refractivity contribution in [2.75, 3.05) is 12.4 Å². The molecule has 2 N–H and O–H groups in total. The molecule has 3 aromatic rings. The van der Waals surface area contributed by atoms with E-state index in [1.54, 1.807) is 11.3 Å². The molecule has 0 unspecified atom stereocenters. The lowest BCUT2D eigenvalue weighted by Gasteiger charge is -2.15. The SMILES string of the molecule is Cc1cccc(C)c1OC[C@@H](O)CSc1nc2sc3c(c2c(=O)[nH]1)CCCC3. The van der Waals surface area contributed by atoms with Crippen molar-refractivity contribution in [3.8, 4) is 5.75 Å². The van der Waals surface area contributed by atoms with E-state index in [0.717, 1.165) is 46.4 Å². The summed E-state index contributed by atoms with van der Waals surface area (Å²) < 4.78 is 5.81. The highest BCUT2D eigenvalue weighted by Gasteiger charge is 2.20. The summed E-state index contributed by atoms with van der Waals surface area (Å²) in [5, 5.41) is 11.6. The van der Waals surface area contributed by atoms with E-state index < -0.39 is 6.10 Å². The third-order valence-electron chi connectivity index (χ3n) is 5.04. The van der Waals surface area contributed by atoms with Crippen LogP contribution in [0.3, 0.4) is 0 Å². The van der Waals surface area contributed by atoms with Crippen LogP contribution in [0.4, 0.5) is 0 Å². The van der Waals surface area contributed by atoms with Gasteiger partial charge in [0.05, 0.1) is 11.5 Å². The van der Waals surface area contributed by atoms with E-state index in [1.807, 2.05) is 32.0 Å². The first-order valence-corrected chi connectivity index (χ1v) is 11.4. The zero-order valence-electron chi connectivity index (χ0n) is 16.1. The molecule has 1 atom stereocenters. The fraction of sp³-hybridized carbons (Fsp3) is 0.429. The molecule has 1 aromatic carbocycles. The number of aliphatic hydroxyl groups excluding tert-OH is 1. The van der Waals surface area contributed by atoms with Gasteiger partial charge in [-0.05, 0) is 56.2 Å². The van der Waals surface area contributed by atoms with E-state index in [4.69, 9.17) is 4.74 Å². The van der Waals surface area contributed by atoms with Crippen LogP contribution in [0.15, 0.2) is 28.2 Å². The second-order valence-corrected chi connectivity index (χ2v) is 9.35. The highest BCUT2D eigenvalue weighted by molar-refractivity contribution is 7.99. The van der Waals surface area contributed by atoms with Crippen LogP contribution in [0.5, 0.6) is 5.75 Å². The number of rotatable bonds is 6. The van der Waals surface area contributed by atoms with Gasteiger partial charge in [-0.1, -0.05) is 30.0 Å². The molecule has 28 heavy (non-hydrogen) atoms. The number of nitrogens with one attached hydrogen (secondary N) is 1. The van der Waals surface area contributed by atoms with Crippen LogP contribution in [0.25, 0.3) is 10.2 Å². The standard InChI is InChI=1S/C21H24N2O3S2/c1-12-6-5-7-13(2)18(12)26-10-14(24)11-27-21-22-19(25)17-15-8-3-4-9-16(15)28-20(17)23-21/h5-7,14,24H,3-4,8-11H2,1-2H3,(H,22,23,25)/t14-/m1/s1. The summed E-state index contributed by atoms with van der Waals surface area (Å²) in [6.07, 6.45) is 3.70. The fourth-order valence-electron chi connectivity index (χ4n) is 3.64. The van der Waals surface area contributed by atoms with Gasteiger partial charge >= 0.3 is 0 Å². The summed E-state index contributed by atoms with van der Waals surface area (Å²) in [4.78, 5) is 22.2. The number of hydrogen-bond donors (Lipinski definition) is 2. The van der Waals surface area contributed by atoms with Crippen LogP contribution in [-0.4, -0.2) is 33.5 Å². The zero-order valence-corrected chi connectivity index (χ0v) is 17.7. The van der Waals surface area contributed by atoms with Crippen LogP contribution in [-0.2, 0) is 12.8 Å². The first-order chi connectivity index (χ1) is 13.5. The second-order valence-electron chi connectivity index (χ2n) is 7.26. The number of H-pyrrole nitrogens is 1.